The molecule has 0 unspecified atom stereocenters. The summed E-state index contributed by atoms with van der Waals surface area (Å²) in [5, 5.41) is 18.4. The molecule has 10 nitrogen and oxygen atoms in total. The average molecular weight is 476 g/mol. The summed E-state index contributed by atoms with van der Waals surface area (Å²) < 4.78 is 15.3. The number of carbonyl (C=O) groups is 1. The molecule has 1 saturated heterocycles. The van der Waals surface area contributed by atoms with Gasteiger partial charge in [-0.3, -0.25) is 9.89 Å². The monoisotopic (exact) mass is 475 g/mol. The molecule has 1 atom stereocenters. The second-order valence-corrected chi connectivity index (χ2v) is 9.52. The maximum absolute atomic E-state index is 13.6. The highest BCUT2D eigenvalue weighted by Gasteiger charge is 2.45. The zero-order valence-electron chi connectivity index (χ0n) is 19.5. The van der Waals surface area contributed by atoms with Crippen molar-refractivity contribution in [3.05, 3.63) is 53.9 Å². The number of amides is 1. The first-order valence-electron chi connectivity index (χ1n) is 11.8. The lowest BCUT2D eigenvalue weighted by molar-refractivity contribution is -0.120. The zero-order valence-corrected chi connectivity index (χ0v) is 19.5. The topological polar surface area (TPSA) is 116 Å². The molecule has 2 aliphatic rings. The summed E-state index contributed by atoms with van der Waals surface area (Å²) in [4.78, 5) is 23.9. The van der Waals surface area contributed by atoms with Crippen LogP contribution in [0, 0.1) is 12.9 Å². The van der Waals surface area contributed by atoms with Crippen molar-refractivity contribution in [1.82, 2.24) is 29.8 Å². The molecule has 1 amide bonds. The van der Waals surface area contributed by atoms with Crippen molar-refractivity contribution in [2.45, 2.75) is 51.0 Å². The number of nitrogens with one attached hydrogen (secondary N) is 3. The molecular weight excluding hydrogens is 449 g/mol. The van der Waals surface area contributed by atoms with E-state index in [0.717, 1.165) is 17.6 Å². The first-order valence-corrected chi connectivity index (χ1v) is 11.8. The van der Waals surface area contributed by atoms with Crippen molar-refractivity contribution in [2.24, 2.45) is 0 Å². The van der Waals surface area contributed by atoms with E-state index in [1.807, 2.05) is 36.2 Å². The van der Waals surface area contributed by atoms with Crippen molar-refractivity contribution >= 4 is 34.7 Å². The Kier molecular flexibility index (Phi) is 4.94. The van der Waals surface area contributed by atoms with Gasteiger partial charge in [0.15, 0.2) is 11.6 Å². The van der Waals surface area contributed by atoms with Gasteiger partial charge in [-0.2, -0.15) is 14.5 Å². The van der Waals surface area contributed by atoms with E-state index in [2.05, 4.69) is 25.8 Å². The number of rotatable bonds is 6. The van der Waals surface area contributed by atoms with Crippen LogP contribution >= 0.6 is 0 Å². The molecular formula is C24H26FN9O. The van der Waals surface area contributed by atoms with Crippen LogP contribution in [0.3, 0.4) is 0 Å². The Morgan fingerprint density at radius 2 is 2.17 bits per heavy atom. The lowest BCUT2D eigenvalue weighted by Crippen LogP contribution is -2.51. The lowest BCUT2D eigenvalue weighted by atomic mass is 9.97. The minimum atomic E-state index is -0.883. The average Bonchev–Trinajstić information content (AvgIpc) is 3.20. The summed E-state index contributed by atoms with van der Waals surface area (Å²) in [7, 11) is 0. The molecule has 0 bridgehead atoms. The maximum Gasteiger partial charge on any atom is 0.250 e. The van der Waals surface area contributed by atoms with Crippen molar-refractivity contribution in [3.63, 3.8) is 0 Å². The minimum absolute atomic E-state index is 0.213. The number of hydrogen-bond acceptors (Lipinski definition) is 7. The highest BCUT2D eigenvalue weighted by molar-refractivity contribution is 6.00. The Bertz CT molecular complexity index is 1430. The Balaban J connectivity index is 1.30. The molecule has 180 valence electrons. The predicted molar refractivity (Wildman–Crippen MR) is 129 cm³/mol. The smallest absolute Gasteiger partial charge is 0.250 e. The van der Waals surface area contributed by atoms with Crippen molar-refractivity contribution in [1.29, 1.82) is 0 Å². The number of anilines is 4. The standard InChI is InChI=1S/C24H26FN9O/c1-14-11-16(13-26-20(14)25)27-22(35)24(2)8-4-9-33(24)23-29-21(18-5-3-10-34(18)32-23)28-19-12-17(30-31-19)15-6-7-15/h3,5,10-13,15H,4,6-9H2,1-2H3,(H,27,35)(H2,28,29,30,31,32)/t24-/m0/s1. The van der Waals surface area contributed by atoms with E-state index in [-0.39, 0.29) is 5.91 Å². The van der Waals surface area contributed by atoms with Crippen LogP contribution in [0.2, 0.25) is 0 Å². The number of nitrogens with zero attached hydrogens (tertiary/aromatic N) is 6. The van der Waals surface area contributed by atoms with E-state index in [4.69, 9.17) is 10.1 Å². The van der Waals surface area contributed by atoms with Gasteiger partial charge in [0.25, 0.3) is 0 Å². The van der Waals surface area contributed by atoms with Crippen LogP contribution in [0.5, 0.6) is 0 Å². The number of halogens is 1. The molecule has 3 N–H and O–H groups in total. The number of aryl methyl sites for hydroxylation is 1. The van der Waals surface area contributed by atoms with Gasteiger partial charge in [0, 0.05) is 36.0 Å². The number of aromatic nitrogens is 6. The van der Waals surface area contributed by atoms with E-state index >= 15 is 0 Å². The number of carbonyl (C=O) groups excluding carboxylic acids is 1. The van der Waals surface area contributed by atoms with Crippen LogP contribution in [0.1, 0.15) is 49.8 Å². The summed E-state index contributed by atoms with van der Waals surface area (Å²) in [5.41, 5.74) is 1.88. The fourth-order valence-electron chi connectivity index (χ4n) is 4.67. The number of aromatic amines is 1. The van der Waals surface area contributed by atoms with Gasteiger partial charge >= 0.3 is 0 Å². The van der Waals surface area contributed by atoms with Gasteiger partial charge in [0.2, 0.25) is 17.8 Å². The van der Waals surface area contributed by atoms with Crippen LogP contribution in [0.25, 0.3) is 5.52 Å². The fourth-order valence-corrected chi connectivity index (χ4v) is 4.67. The first kappa shape index (κ1) is 21.5. The molecule has 0 spiro atoms. The van der Waals surface area contributed by atoms with Crippen LogP contribution in [-0.4, -0.2) is 47.8 Å². The summed E-state index contributed by atoms with van der Waals surface area (Å²) in [6, 6.07) is 7.43. The van der Waals surface area contributed by atoms with Crippen LogP contribution < -0.4 is 15.5 Å². The van der Waals surface area contributed by atoms with Crippen LogP contribution in [0.15, 0.2) is 36.7 Å². The Hall–Kier alpha value is -4.02. The van der Waals surface area contributed by atoms with Gasteiger partial charge < -0.3 is 15.5 Å². The molecule has 1 aliphatic heterocycles. The second kappa shape index (κ2) is 8.03. The molecule has 11 heteroatoms. The Morgan fingerprint density at radius 1 is 1.31 bits per heavy atom. The Labute approximate surface area is 201 Å². The molecule has 0 radical (unpaired) electrons. The SMILES string of the molecule is Cc1cc(NC(=O)[C@]2(C)CCCN2c2nc(Nc3cc(C4CC4)[nH]n3)c3cccn3n2)cnc1F. The van der Waals surface area contributed by atoms with E-state index in [1.165, 1.54) is 19.0 Å². The number of fused-ring (bicyclic) bond motifs is 1. The summed E-state index contributed by atoms with van der Waals surface area (Å²) in [6.45, 7) is 4.12. The van der Waals surface area contributed by atoms with E-state index in [1.54, 1.807) is 17.5 Å². The van der Waals surface area contributed by atoms with Crippen LogP contribution in [0.4, 0.5) is 27.7 Å². The summed E-state index contributed by atoms with van der Waals surface area (Å²) in [6.07, 6.45) is 6.99. The third-order valence-electron chi connectivity index (χ3n) is 6.88. The van der Waals surface area contributed by atoms with Crippen molar-refractivity contribution in [3.8, 4) is 0 Å². The fraction of sp³-hybridized carbons (Fsp3) is 0.375. The largest absolute Gasteiger partial charge is 0.325 e. The number of pyridine rings is 1. The van der Waals surface area contributed by atoms with Gasteiger partial charge in [0.1, 0.15) is 11.1 Å². The lowest BCUT2D eigenvalue weighted by Gasteiger charge is -2.34. The molecule has 4 aromatic heterocycles. The van der Waals surface area contributed by atoms with Crippen molar-refractivity contribution in [2.75, 3.05) is 22.1 Å². The summed E-state index contributed by atoms with van der Waals surface area (Å²) in [5.74, 6) is 1.55. The number of H-pyrrole nitrogens is 1. The van der Waals surface area contributed by atoms with Gasteiger partial charge in [-0.25, -0.2) is 9.50 Å². The molecule has 5 heterocycles. The summed E-state index contributed by atoms with van der Waals surface area (Å²) >= 11 is 0. The van der Waals surface area contributed by atoms with Crippen LogP contribution in [-0.2, 0) is 4.79 Å². The normalized spacial score (nSPS) is 19.9. The van der Waals surface area contributed by atoms with E-state index < -0.39 is 11.5 Å². The van der Waals surface area contributed by atoms with Crippen molar-refractivity contribution < 1.29 is 9.18 Å². The quantitative estimate of drug-likeness (QED) is 0.362. The molecule has 1 aliphatic carbocycles. The molecule has 1 saturated carbocycles. The molecule has 4 aromatic rings. The molecule has 2 fully saturated rings. The van der Waals surface area contributed by atoms with Gasteiger partial charge in [-0.05, 0) is 57.7 Å². The van der Waals surface area contributed by atoms with E-state index in [0.29, 0.717) is 47.7 Å². The predicted octanol–water partition coefficient (Wildman–Crippen LogP) is 3.91. The third-order valence-corrected chi connectivity index (χ3v) is 6.88. The Morgan fingerprint density at radius 3 is 2.97 bits per heavy atom. The third kappa shape index (κ3) is 3.86. The molecule has 6 rings (SSSR count). The van der Waals surface area contributed by atoms with Gasteiger partial charge in [-0.15, -0.1) is 5.10 Å². The van der Waals surface area contributed by atoms with E-state index in [9.17, 15) is 9.18 Å². The first-order chi connectivity index (χ1) is 16.9. The highest BCUT2D eigenvalue weighted by Crippen LogP contribution is 2.40. The highest BCUT2D eigenvalue weighted by atomic mass is 19.1. The molecule has 35 heavy (non-hydrogen) atoms. The maximum atomic E-state index is 13.6. The second-order valence-electron chi connectivity index (χ2n) is 9.52. The zero-order chi connectivity index (χ0) is 24.2. The number of hydrogen-bond donors (Lipinski definition) is 3. The minimum Gasteiger partial charge on any atom is -0.325 e. The molecule has 0 aromatic carbocycles. The van der Waals surface area contributed by atoms with Gasteiger partial charge in [-0.1, -0.05) is 0 Å². The van der Waals surface area contributed by atoms with Gasteiger partial charge in [0.05, 0.1) is 11.9 Å².